The molecule has 0 fully saturated rings. The molecule has 2 nitrogen and oxygen atoms in total. The minimum absolute atomic E-state index is 0.750. The fraction of sp³-hybridized carbons (Fsp3) is 0. The Hall–Kier alpha value is -1.96. The van der Waals surface area contributed by atoms with Crippen molar-refractivity contribution < 1.29 is 0 Å². The van der Waals surface area contributed by atoms with Gasteiger partial charge >= 0.3 is 0 Å². The first-order valence-corrected chi connectivity index (χ1v) is 4.44. The van der Waals surface area contributed by atoms with E-state index in [-0.39, 0.29) is 0 Å². The molecule has 0 aliphatic heterocycles. The fourth-order valence-corrected chi connectivity index (χ4v) is 1.24. The van der Waals surface area contributed by atoms with Gasteiger partial charge in [-0.15, -0.1) is 0 Å². The van der Waals surface area contributed by atoms with E-state index < -0.39 is 0 Å². The van der Waals surface area contributed by atoms with Crippen LogP contribution in [0.25, 0.3) is 0 Å². The van der Waals surface area contributed by atoms with Gasteiger partial charge in [-0.25, -0.2) is 0 Å². The van der Waals surface area contributed by atoms with Crippen molar-refractivity contribution in [2.24, 2.45) is 0 Å². The van der Waals surface area contributed by atoms with E-state index in [1.807, 2.05) is 48.5 Å². The summed E-state index contributed by atoms with van der Waals surface area (Å²) in [5, 5.41) is 3.23. The number of nitrogen functional groups attached to an aromatic ring is 1. The summed E-state index contributed by atoms with van der Waals surface area (Å²) in [5.74, 6) is 0. The van der Waals surface area contributed by atoms with Crippen LogP contribution in [0.5, 0.6) is 0 Å². The van der Waals surface area contributed by atoms with E-state index in [4.69, 9.17) is 5.73 Å². The van der Waals surface area contributed by atoms with Crippen LogP contribution in [0.2, 0.25) is 0 Å². The summed E-state index contributed by atoms with van der Waals surface area (Å²) in [4.78, 5) is 0. The Morgan fingerprint density at radius 3 is 2.43 bits per heavy atom. The van der Waals surface area contributed by atoms with E-state index in [0.29, 0.717) is 0 Å². The molecule has 0 saturated carbocycles. The molecule has 0 heterocycles. The number of nitrogens with two attached hydrogens (primary N) is 1. The lowest BCUT2D eigenvalue weighted by atomic mass is 10.2. The third-order valence-electron chi connectivity index (χ3n) is 1.96. The zero-order valence-electron chi connectivity index (χ0n) is 7.70. The molecule has 3 N–H and O–H groups in total. The second-order valence-corrected chi connectivity index (χ2v) is 3.00. The number of hydrogen-bond donors (Lipinski definition) is 2. The van der Waals surface area contributed by atoms with Crippen molar-refractivity contribution in [3.8, 4) is 0 Å². The van der Waals surface area contributed by atoms with Gasteiger partial charge < -0.3 is 11.1 Å². The molecule has 0 saturated heterocycles. The fourth-order valence-electron chi connectivity index (χ4n) is 1.24. The molecule has 2 aromatic rings. The van der Waals surface area contributed by atoms with Crippen molar-refractivity contribution in [2.45, 2.75) is 0 Å². The Labute approximate surface area is 83.4 Å². The summed E-state index contributed by atoms with van der Waals surface area (Å²) >= 11 is 0. The molecular formula is C12H11N2. The van der Waals surface area contributed by atoms with Crippen molar-refractivity contribution in [3.63, 3.8) is 0 Å². The molecule has 0 aromatic heterocycles. The lowest BCUT2D eigenvalue weighted by Gasteiger charge is -2.08. The maximum absolute atomic E-state index is 5.80. The SMILES string of the molecule is Nc1ccccc1Nc1cc[c]cc1. The van der Waals surface area contributed by atoms with Gasteiger partial charge in [-0.2, -0.15) is 0 Å². The Morgan fingerprint density at radius 1 is 1.00 bits per heavy atom. The molecule has 14 heavy (non-hydrogen) atoms. The average molecular weight is 183 g/mol. The molecule has 2 heteroatoms. The highest BCUT2D eigenvalue weighted by Crippen LogP contribution is 2.21. The van der Waals surface area contributed by atoms with Crippen LogP contribution in [-0.2, 0) is 0 Å². The lowest BCUT2D eigenvalue weighted by molar-refractivity contribution is 1.54. The molecular weight excluding hydrogens is 172 g/mol. The van der Waals surface area contributed by atoms with Crippen LogP contribution in [-0.4, -0.2) is 0 Å². The monoisotopic (exact) mass is 183 g/mol. The van der Waals surface area contributed by atoms with Gasteiger partial charge in [0.05, 0.1) is 11.4 Å². The molecule has 1 radical (unpaired) electrons. The molecule has 2 rings (SSSR count). The molecule has 0 atom stereocenters. The van der Waals surface area contributed by atoms with Crippen LogP contribution < -0.4 is 11.1 Å². The predicted molar refractivity (Wildman–Crippen MR) is 59.4 cm³/mol. The molecule has 0 unspecified atom stereocenters. The second kappa shape index (κ2) is 3.83. The van der Waals surface area contributed by atoms with Gasteiger partial charge in [0, 0.05) is 5.69 Å². The van der Waals surface area contributed by atoms with Crippen molar-refractivity contribution in [1.29, 1.82) is 0 Å². The number of nitrogens with one attached hydrogen (secondary N) is 1. The van der Waals surface area contributed by atoms with Crippen LogP contribution in [0.1, 0.15) is 0 Å². The zero-order chi connectivity index (χ0) is 9.80. The van der Waals surface area contributed by atoms with Gasteiger partial charge in [0.1, 0.15) is 0 Å². The molecule has 0 aliphatic carbocycles. The molecule has 2 aromatic carbocycles. The largest absolute Gasteiger partial charge is 0.397 e. The van der Waals surface area contributed by atoms with Gasteiger partial charge in [0.15, 0.2) is 0 Å². The first-order chi connectivity index (χ1) is 6.86. The van der Waals surface area contributed by atoms with E-state index in [2.05, 4.69) is 11.4 Å². The van der Waals surface area contributed by atoms with E-state index in [0.717, 1.165) is 17.1 Å². The zero-order valence-corrected chi connectivity index (χ0v) is 7.70. The third kappa shape index (κ3) is 1.85. The quantitative estimate of drug-likeness (QED) is 0.702. The average Bonchev–Trinajstić information content (AvgIpc) is 2.23. The van der Waals surface area contributed by atoms with Gasteiger partial charge in [0.2, 0.25) is 0 Å². The molecule has 0 bridgehead atoms. The summed E-state index contributed by atoms with van der Waals surface area (Å²) in [5.41, 5.74) is 8.49. The molecule has 0 spiro atoms. The van der Waals surface area contributed by atoms with Gasteiger partial charge in [-0.3, -0.25) is 0 Å². The Morgan fingerprint density at radius 2 is 1.71 bits per heavy atom. The van der Waals surface area contributed by atoms with E-state index in [1.54, 1.807) is 0 Å². The molecule has 0 amide bonds. The number of anilines is 3. The van der Waals surface area contributed by atoms with Crippen LogP contribution in [0.3, 0.4) is 0 Å². The van der Waals surface area contributed by atoms with Crippen LogP contribution in [0, 0.1) is 6.07 Å². The number of rotatable bonds is 2. The first kappa shape index (κ1) is 8.63. The van der Waals surface area contributed by atoms with Crippen molar-refractivity contribution in [1.82, 2.24) is 0 Å². The topological polar surface area (TPSA) is 38.0 Å². The van der Waals surface area contributed by atoms with Crippen LogP contribution in [0.4, 0.5) is 17.1 Å². The van der Waals surface area contributed by atoms with E-state index in [9.17, 15) is 0 Å². The summed E-state index contributed by atoms with van der Waals surface area (Å²) in [6, 6.07) is 18.3. The number of benzene rings is 2. The summed E-state index contributed by atoms with van der Waals surface area (Å²) < 4.78 is 0. The van der Waals surface area contributed by atoms with Crippen molar-refractivity contribution in [3.05, 3.63) is 54.6 Å². The van der Waals surface area contributed by atoms with Gasteiger partial charge in [0.25, 0.3) is 0 Å². The van der Waals surface area contributed by atoms with Crippen molar-refractivity contribution >= 4 is 17.1 Å². The second-order valence-electron chi connectivity index (χ2n) is 3.00. The highest BCUT2D eigenvalue weighted by molar-refractivity contribution is 5.72. The smallest absolute Gasteiger partial charge is 0.0617 e. The predicted octanol–water partition coefficient (Wildman–Crippen LogP) is 2.81. The van der Waals surface area contributed by atoms with Crippen LogP contribution >= 0.6 is 0 Å². The summed E-state index contributed by atoms with van der Waals surface area (Å²) in [6.07, 6.45) is 0. The minimum atomic E-state index is 0.750. The van der Waals surface area contributed by atoms with Gasteiger partial charge in [-0.05, 0) is 30.3 Å². The molecule has 0 aliphatic rings. The maximum Gasteiger partial charge on any atom is 0.0617 e. The van der Waals surface area contributed by atoms with Crippen molar-refractivity contribution in [2.75, 3.05) is 11.1 Å². The first-order valence-electron chi connectivity index (χ1n) is 4.44. The third-order valence-corrected chi connectivity index (χ3v) is 1.96. The van der Waals surface area contributed by atoms with Gasteiger partial charge in [-0.1, -0.05) is 24.3 Å². The minimum Gasteiger partial charge on any atom is -0.397 e. The lowest BCUT2D eigenvalue weighted by Crippen LogP contribution is -1.95. The standard InChI is InChI=1S/C12H11N2/c13-11-8-4-5-9-12(11)14-10-6-2-1-3-7-10/h2-9,14H,13H2. The Bertz CT molecular complexity index is 410. The van der Waals surface area contributed by atoms with E-state index >= 15 is 0 Å². The number of hydrogen-bond acceptors (Lipinski definition) is 2. The highest BCUT2D eigenvalue weighted by atomic mass is 14.9. The summed E-state index contributed by atoms with van der Waals surface area (Å²) in [6.45, 7) is 0. The normalized spacial score (nSPS) is 9.71. The van der Waals surface area contributed by atoms with Crippen LogP contribution in [0.15, 0.2) is 48.5 Å². The number of para-hydroxylation sites is 2. The Balaban J connectivity index is 2.24. The maximum atomic E-state index is 5.80. The Kier molecular flexibility index (Phi) is 2.36. The highest BCUT2D eigenvalue weighted by Gasteiger charge is 1.96. The summed E-state index contributed by atoms with van der Waals surface area (Å²) in [7, 11) is 0. The molecule has 69 valence electrons. The van der Waals surface area contributed by atoms with E-state index in [1.165, 1.54) is 0 Å².